The smallest absolute Gasteiger partial charge is 0.451 e. The minimum atomic E-state index is -4.69. The molecule has 0 bridgehead atoms. The van der Waals surface area contributed by atoms with E-state index in [1.165, 1.54) is 19.0 Å². The van der Waals surface area contributed by atoms with Crippen LogP contribution in [-0.2, 0) is 6.18 Å². The lowest BCUT2D eigenvalue weighted by Gasteiger charge is -2.15. The average Bonchev–Trinajstić information content (AvgIpc) is 2.15. The van der Waals surface area contributed by atoms with E-state index in [4.69, 9.17) is 5.11 Å². The number of nitrogens with zero attached hydrogens (tertiary/aromatic N) is 3. The molecule has 1 N–H and O–H groups in total. The van der Waals surface area contributed by atoms with Crippen LogP contribution in [0.25, 0.3) is 0 Å². The molecule has 0 unspecified atom stereocenters. The van der Waals surface area contributed by atoms with E-state index in [-0.39, 0.29) is 11.4 Å². The Kier molecular flexibility index (Phi) is 3.02. The van der Waals surface area contributed by atoms with Gasteiger partial charge >= 0.3 is 12.1 Å². The van der Waals surface area contributed by atoms with E-state index >= 15 is 0 Å². The molecule has 0 aliphatic rings. The molecule has 0 aromatic carbocycles. The average molecular weight is 235 g/mol. The number of halogens is 3. The van der Waals surface area contributed by atoms with Gasteiger partial charge in [-0.1, -0.05) is 0 Å². The van der Waals surface area contributed by atoms with E-state index in [1.807, 2.05) is 0 Å². The third kappa shape index (κ3) is 2.38. The lowest BCUT2D eigenvalue weighted by molar-refractivity contribution is -0.144. The van der Waals surface area contributed by atoms with Gasteiger partial charge in [0, 0.05) is 20.3 Å². The highest BCUT2D eigenvalue weighted by Crippen LogP contribution is 2.28. The van der Waals surface area contributed by atoms with Crippen molar-refractivity contribution in [2.75, 3.05) is 19.0 Å². The number of hydrogen-bond donors (Lipinski definition) is 1. The molecule has 88 valence electrons. The molecule has 0 spiro atoms. The fraction of sp³-hybridized carbons (Fsp3) is 0.375. The highest BCUT2D eigenvalue weighted by Gasteiger charge is 2.35. The standard InChI is InChI=1S/C8H8F3N3O2/c1-14(2)5-4(6(15)16)3-12-7(13-5)8(9,10)11/h3H,1-2H3,(H,15,16). The van der Waals surface area contributed by atoms with Crippen LogP contribution in [0.4, 0.5) is 19.0 Å². The zero-order chi connectivity index (χ0) is 12.5. The maximum absolute atomic E-state index is 12.3. The second-order valence-electron chi connectivity index (χ2n) is 3.13. The highest BCUT2D eigenvalue weighted by atomic mass is 19.4. The summed E-state index contributed by atoms with van der Waals surface area (Å²) in [5, 5.41) is 8.72. The lowest BCUT2D eigenvalue weighted by atomic mass is 10.3. The van der Waals surface area contributed by atoms with Gasteiger partial charge in [0.2, 0.25) is 5.82 Å². The van der Waals surface area contributed by atoms with Crippen molar-refractivity contribution < 1.29 is 23.1 Å². The molecule has 0 amide bonds. The SMILES string of the molecule is CN(C)c1nc(C(F)(F)F)ncc1C(=O)O. The predicted molar refractivity (Wildman–Crippen MR) is 48.3 cm³/mol. The summed E-state index contributed by atoms with van der Waals surface area (Å²) < 4.78 is 36.8. The van der Waals surface area contributed by atoms with Gasteiger partial charge in [0.1, 0.15) is 11.4 Å². The molecule has 0 saturated heterocycles. The second-order valence-corrected chi connectivity index (χ2v) is 3.13. The summed E-state index contributed by atoms with van der Waals surface area (Å²) in [5.74, 6) is -3.02. The Hall–Kier alpha value is -1.86. The highest BCUT2D eigenvalue weighted by molar-refractivity contribution is 5.92. The van der Waals surface area contributed by atoms with Crippen LogP contribution in [-0.4, -0.2) is 35.1 Å². The van der Waals surface area contributed by atoms with Crippen molar-refractivity contribution >= 4 is 11.8 Å². The number of alkyl halides is 3. The van der Waals surface area contributed by atoms with Crippen molar-refractivity contribution in [1.29, 1.82) is 0 Å². The molecule has 1 rings (SSSR count). The Balaban J connectivity index is 3.34. The van der Waals surface area contributed by atoms with Gasteiger partial charge < -0.3 is 10.0 Å². The first-order valence-electron chi connectivity index (χ1n) is 4.08. The van der Waals surface area contributed by atoms with Crippen molar-refractivity contribution in [2.24, 2.45) is 0 Å². The minimum Gasteiger partial charge on any atom is -0.477 e. The van der Waals surface area contributed by atoms with E-state index in [0.717, 1.165) is 0 Å². The van der Waals surface area contributed by atoms with Crippen LogP contribution in [0.1, 0.15) is 16.2 Å². The normalized spacial score (nSPS) is 11.3. The van der Waals surface area contributed by atoms with Crippen LogP contribution >= 0.6 is 0 Å². The molecule has 0 aliphatic carbocycles. The van der Waals surface area contributed by atoms with Crippen LogP contribution in [0.5, 0.6) is 0 Å². The van der Waals surface area contributed by atoms with Crippen LogP contribution in [0.2, 0.25) is 0 Å². The number of aromatic nitrogens is 2. The summed E-state index contributed by atoms with van der Waals surface area (Å²) in [6.45, 7) is 0. The number of carbonyl (C=O) groups is 1. The Morgan fingerprint density at radius 3 is 2.38 bits per heavy atom. The molecule has 1 aromatic rings. The summed E-state index contributed by atoms with van der Waals surface area (Å²) in [7, 11) is 2.80. The van der Waals surface area contributed by atoms with Crippen LogP contribution in [0.15, 0.2) is 6.20 Å². The first kappa shape index (κ1) is 12.2. The van der Waals surface area contributed by atoms with E-state index in [2.05, 4.69) is 9.97 Å². The van der Waals surface area contributed by atoms with Gasteiger partial charge in [0.25, 0.3) is 0 Å². The monoisotopic (exact) mass is 235 g/mol. The van der Waals surface area contributed by atoms with Crippen LogP contribution in [0.3, 0.4) is 0 Å². The molecule has 16 heavy (non-hydrogen) atoms. The van der Waals surface area contributed by atoms with E-state index in [9.17, 15) is 18.0 Å². The van der Waals surface area contributed by atoms with E-state index in [0.29, 0.717) is 6.20 Å². The number of carboxylic acid groups (broad SMARTS) is 1. The lowest BCUT2D eigenvalue weighted by Crippen LogP contribution is -2.20. The first-order valence-corrected chi connectivity index (χ1v) is 4.08. The van der Waals surface area contributed by atoms with Gasteiger partial charge in [-0.15, -0.1) is 0 Å². The van der Waals surface area contributed by atoms with Gasteiger partial charge in [0.05, 0.1) is 0 Å². The first-order chi connectivity index (χ1) is 7.23. The summed E-state index contributed by atoms with van der Waals surface area (Å²) in [6.07, 6.45) is -4.05. The Labute approximate surface area is 88.5 Å². The molecule has 1 aromatic heterocycles. The fourth-order valence-electron chi connectivity index (χ4n) is 1.00. The molecule has 5 nitrogen and oxygen atoms in total. The molecule has 0 saturated carbocycles. The zero-order valence-corrected chi connectivity index (χ0v) is 8.41. The van der Waals surface area contributed by atoms with Crippen molar-refractivity contribution in [3.05, 3.63) is 17.6 Å². The van der Waals surface area contributed by atoms with Gasteiger partial charge in [0.15, 0.2) is 0 Å². The summed E-state index contributed by atoms with van der Waals surface area (Å²) in [5.41, 5.74) is -0.377. The second kappa shape index (κ2) is 3.95. The van der Waals surface area contributed by atoms with Crippen LogP contribution < -0.4 is 4.90 Å². The number of rotatable bonds is 2. The maximum Gasteiger partial charge on any atom is 0.451 e. The Bertz CT molecular complexity index is 417. The van der Waals surface area contributed by atoms with E-state index in [1.54, 1.807) is 0 Å². The van der Waals surface area contributed by atoms with Gasteiger partial charge in [-0.05, 0) is 0 Å². The van der Waals surface area contributed by atoms with Crippen molar-refractivity contribution in [1.82, 2.24) is 9.97 Å². The Morgan fingerprint density at radius 1 is 1.44 bits per heavy atom. The number of anilines is 1. The summed E-state index contributed by atoms with van der Waals surface area (Å²) in [4.78, 5) is 18.0. The molecule has 0 radical (unpaired) electrons. The molecular formula is C8H8F3N3O2. The zero-order valence-electron chi connectivity index (χ0n) is 8.41. The molecular weight excluding hydrogens is 227 g/mol. The predicted octanol–water partition coefficient (Wildman–Crippen LogP) is 1.26. The summed E-state index contributed by atoms with van der Waals surface area (Å²) >= 11 is 0. The number of hydrogen-bond acceptors (Lipinski definition) is 4. The third-order valence-electron chi connectivity index (χ3n) is 1.68. The topological polar surface area (TPSA) is 66.3 Å². The maximum atomic E-state index is 12.3. The summed E-state index contributed by atoms with van der Waals surface area (Å²) in [6, 6.07) is 0. The van der Waals surface area contributed by atoms with E-state index < -0.39 is 18.0 Å². The van der Waals surface area contributed by atoms with Gasteiger partial charge in [-0.25, -0.2) is 14.8 Å². The van der Waals surface area contributed by atoms with Gasteiger partial charge in [-0.2, -0.15) is 13.2 Å². The minimum absolute atomic E-state index is 0.283. The molecule has 0 aliphatic heterocycles. The molecule has 0 fully saturated rings. The van der Waals surface area contributed by atoms with Crippen molar-refractivity contribution in [3.63, 3.8) is 0 Å². The van der Waals surface area contributed by atoms with Crippen LogP contribution in [0, 0.1) is 0 Å². The Morgan fingerprint density at radius 2 is 2.00 bits per heavy atom. The molecule has 0 atom stereocenters. The largest absolute Gasteiger partial charge is 0.477 e. The van der Waals surface area contributed by atoms with Gasteiger partial charge in [-0.3, -0.25) is 0 Å². The number of carboxylic acids is 1. The number of aromatic carboxylic acids is 1. The van der Waals surface area contributed by atoms with Crippen molar-refractivity contribution in [2.45, 2.75) is 6.18 Å². The third-order valence-corrected chi connectivity index (χ3v) is 1.68. The quantitative estimate of drug-likeness (QED) is 0.835. The molecule has 8 heteroatoms. The fourth-order valence-corrected chi connectivity index (χ4v) is 1.00. The molecule has 1 heterocycles. The van der Waals surface area contributed by atoms with Crippen molar-refractivity contribution in [3.8, 4) is 0 Å².